The highest BCUT2D eigenvalue weighted by atomic mass is 32.2. The van der Waals surface area contributed by atoms with Gasteiger partial charge in [0.1, 0.15) is 5.75 Å². The van der Waals surface area contributed by atoms with Gasteiger partial charge in [0.15, 0.2) is 5.12 Å². The summed E-state index contributed by atoms with van der Waals surface area (Å²) in [6, 6.07) is 5.45. The molecule has 1 heterocycles. The third-order valence-corrected chi connectivity index (χ3v) is 5.89. The van der Waals surface area contributed by atoms with Gasteiger partial charge in [0.25, 0.3) is 0 Å². The number of carbonyl (C=O) groups is 2. The zero-order chi connectivity index (χ0) is 21.8. The Labute approximate surface area is 176 Å². The maximum Gasteiger partial charge on any atom is 0.491 e. The number of aliphatic carboxylic acids is 1. The quantitative estimate of drug-likeness (QED) is 0.528. The minimum Gasteiger partial charge on any atom is -0.496 e. The average Bonchev–Trinajstić information content (AvgIpc) is 2.84. The molecule has 1 aliphatic heterocycles. The van der Waals surface area contributed by atoms with Crippen molar-refractivity contribution >= 4 is 42.1 Å². The molecule has 156 valence electrons. The van der Waals surface area contributed by atoms with Gasteiger partial charge in [-0.25, -0.2) is 4.79 Å². The van der Waals surface area contributed by atoms with Gasteiger partial charge in [-0.1, -0.05) is 23.9 Å². The van der Waals surface area contributed by atoms with Crippen LogP contribution in [-0.2, 0) is 18.9 Å². The molecule has 1 aromatic carbocycles. The van der Waals surface area contributed by atoms with Crippen LogP contribution < -0.4 is 4.74 Å². The third kappa shape index (κ3) is 5.98. The molecule has 0 atom stereocenters. The fraction of sp³-hybridized carbons (Fsp3) is 0.429. The van der Waals surface area contributed by atoms with Gasteiger partial charge in [0.2, 0.25) is 0 Å². The third-order valence-electron chi connectivity index (χ3n) is 5.01. The molecule has 1 aromatic rings. The standard InChI is InChI=1S/C21H27BO6S/c1-14(23)29-13-17(22-27-20(2,3)21(4,5)28-22)12-15-7-9-18(26-6)16(11-15)8-10-19(24)25/h7-12H,13H2,1-6H3,(H,24,25)/b10-8+,17-12?. The van der Waals surface area contributed by atoms with Gasteiger partial charge in [-0.05, 0) is 56.9 Å². The Balaban J connectivity index is 2.42. The van der Waals surface area contributed by atoms with E-state index < -0.39 is 24.3 Å². The second kappa shape index (κ2) is 9.20. The predicted molar refractivity (Wildman–Crippen MR) is 117 cm³/mol. The van der Waals surface area contributed by atoms with Gasteiger partial charge >= 0.3 is 13.1 Å². The van der Waals surface area contributed by atoms with Gasteiger partial charge in [0, 0.05) is 24.3 Å². The van der Waals surface area contributed by atoms with E-state index in [1.807, 2.05) is 45.9 Å². The fourth-order valence-corrected chi connectivity index (χ4v) is 3.29. The minimum absolute atomic E-state index is 0.00669. The van der Waals surface area contributed by atoms with Crippen molar-refractivity contribution in [3.8, 4) is 5.75 Å². The van der Waals surface area contributed by atoms with Crippen molar-refractivity contribution in [2.75, 3.05) is 12.9 Å². The van der Waals surface area contributed by atoms with E-state index in [1.165, 1.54) is 31.9 Å². The molecule has 0 amide bonds. The number of carboxylic acid groups (broad SMARTS) is 1. The molecule has 8 heteroatoms. The Kier molecular flexibility index (Phi) is 7.37. The molecule has 1 N–H and O–H groups in total. The summed E-state index contributed by atoms with van der Waals surface area (Å²) in [4.78, 5) is 22.4. The maximum atomic E-state index is 11.5. The highest BCUT2D eigenvalue weighted by molar-refractivity contribution is 8.13. The van der Waals surface area contributed by atoms with Crippen LogP contribution in [0.15, 0.2) is 29.7 Å². The van der Waals surface area contributed by atoms with Crippen LogP contribution >= 0.6 is 11.8 Å². The van der Waals surface area contributed by atoms with Crippen molar-refractivity contribution in [2.24, 2.45) is 0 Å². The molecule has 1 aliphatic rings. The number of benzene rings is 1. The Bertz CT molecular complexity index is 828. The van der Waals surface area contributed by atoms with Crippen molar-refractivity contribution < 1.29 is 28.7 Å². The summed E-state index contributed by atoms with van der Waals surface area (Å²) in [5, 5.41) is 8.92. The van der Waals surface area contributed by atoms with Crippen molar-refractivity contribution in [3.63, 3.8) is 0 Å². The monoisotopic (exact) mass is 418 g/mol. The van der Waals surface area contributed by atoms with Gasteiger partial charge in [0.05, 0.1) is 18.3 Å². The van der Waals surface area contributed by atoms with Crippen molar-refractivity contribution in [2.45, 2.75) is 45.8 Å². The first-order chi connectivity index (χ1) is 13.4. The lowest BCUT2D eigenvalue weighted by molar-refractivity contribution is -0.131. The summed E-state index contributed by atoms with van der Waals surface area (Å²) < 4.78 is 17.6. The molecule has 2 rings (SSSR count). The van der Waals surface area contributed by atoms with E-state index in [9.17, 15) is 9.59 Å². The average molecular weight is 418 g/mol. The zero-order valence-electron chi connectivity index (χ0n) is 17.6. The number of thioether (sulfide) groups is 1. The normalized spacial score (nSPS) is 18.3. The molecule has 1 fully saturated rings. The van der Waals surface area contributed by atoms with Gasteiger partial charge in [-0.15, -0.1) is 0 Å². The molecular formula is C21H27BO6S. The van der Waals surface area contributed by atoms with E-state index in [2.05, 4.69) is 0 Å². The van der Waals surface area contributed by atoms with Gasteiger partial charge in [-0.3, -0.25) is 4.79 Å². The summed E-state index contributed by atoms with van der Waals surface area (Å²) in [5.74, 6) is -0.0444. The lowest BCUT2D eigenvalue weighted by atomic mass is 9.78. The van der Waals surface area contributed by atoms with Crippen molar-refractivity contribution in [1.82, 2.24) is 0 Å². The molecule has 1 saturated heterocycles. The van der Waals surface area contributed by atoms with Crippen molar-refractivity contribution in [3.05, 3.63) is 40.9 Å². The van der Waals surface area contributed by atoms with E-state index in [-0.39, 0.29) is 5.12 Å². The Morgan fingerprint density at radius 3 is 2.34 bits per heavy atom. The van der Waals surface area contributed by atoms with Crippen LogP contribution in [0.1, 0.15) is 45.7 Å². The van der Waals surface area contributed by atoms with Crippen LogP contribution in [0.25, 0.3) is 12.2 Å². The molecule has 0 spiro atoms. The van der Waals surface area contributed by atoms with E-state index in [4.69, 9.17) is 19.2 Å². The summed E-state index contributed by atoms with van der Waals surface area (Å²) in [5.41, 5.74) is 1.29. The summed E-state index contributed by atoms with van der Waals surface area (Å²) >= 11 is 1.19. The highest BCUT2D eigenvalue weighted by Crippen LogP contribution is 2.39. The summed E-state index contributed by atoms with van der Waals surface area (Å²) in [7, 11) is 0.953. The summed E-state index contributed by atoms with van der Waals surface area (Å²) in [6.45, 7) is 9.43. The van der Waals surface area contributed by atoms with E-state index in [0.29, 0.717) is 17.1 Å². The van der Waals surface area contributed by atoms with E-state index in [1.54, 1.807) is 6.07 Å². The fourth-order valence-electron chi connectivity index (χ4n) is 2.71. The first kappa shape index (κ1) is 23.3. The number of ether oxygens (including phenoxy) is 1. The first-order valence-electron chi connectivity index (χ1n) is 9.23. The number of hydrogen-bond donors (Lipinski definition) is 1. The number of hydrogen-bond acceptors (Lipinski definition) is 6. The number of rotatable bonds is 7. The molecule has 0 aliphatic carbocycles. The Morgan fingerprint density at radius 2 is 1.83 bits per heavy atom. The van der Waals surface area contributed by atoms with E-state index in [0.717, 1.165) is 17.1 Å². The first-order valence-corrected chi connectivity index (χ1v) is 10.2. The molecular weight excluding hydrogens is 391 g/mol. The van der Waals surface area contributed by atoms with Crippen LogP contribution in [0, 0.1) is 0 Å². The number of carboxylic acids is 1. The zero-order valence-corrected chi connectivity index (χ0v) is 18.5. The lowest BCUT2D eigenvalue weighted by Crippen LogP contribution is -2.41. The molecule has 0 aromatic heterocycles. The Hall–Kier alpha value is -2.03. The second-order valence-corrected chi connectivity index (χ2v) is 8.91. The SMILES string of the molecule is COc1ccc(C=C(CSC(C)=O)B2OC(C)(C)C(C)(C)O2)cc1/C=C/C(=O)O. The largest absolute Gasteiger partial charge is 0.496 e. The summed E-state index contributed by atoms with van der Waals surface area (Å²) in [6.07, 6.45) is 4.46. The molecule has 0 unspecified atom stereocenters. The number of carbonyl (C=O) groups excluding carboxylic acids is 1. The lowest BCUT2D eigenvalue weighted by Gasteiger charge is -2.32. The van der Waals surface area contributed by atoms with Gasteiger partial charge in [-0.2, -0.15) is 0 Å². The molecule has 0 radical (unpaired) electrons. The minimum atomic E-state index is -1.04. The topological polar surface area (TPSA) is 82.1 Å². The van der Waals surface area contributed by atoms with Crippen LogP contribution in [0.2, 0.25) is 0 Å². The van der Waals surface area contributed by atoms with Crippen LogP contribution in [0.4, 0.5) is 0 Å². The van der Waals surface area contributed by atoms with Crippen molar-refractivity contribution in [1.29, 1.82) is 0 Å². The molecule has 6 nitrogen and oxygen atoms in total. The predicted octanol–water partition coefficient (Wildman–Crippen LogP) is 4.09. The van der Waals surface area contributed by atoms with E-state index >= 15 is 0 Å². The highest BCUT2D eigenvalue weighted by Gasteiger charge is 2.52. The van der Waals surface area contributed by atoms with Crippen LogP contribution in [0.5, 0.6) is 5.75 Å². The molecule has 0 saturated carbocycles. The number of methoxy groups -OCH3 is 1. The Morgan fingerprint density at radius 1 is 1.21 bits per heavy atom. The molecule has 0 bridgehead atoms. The molecule has 29 heavy (non-hydrogen) atoms. The maximum absolute atomic E-state index is 11.5. The van der Waals surface area contributed by atoms with Crippen LogP contribution in [-0.4, -0.2) is 47.4 Å². The second-order valence-electron chi connectivity index (χ2n) is 7.76. The smallest absolute Gasteiger partial charge is 0.491 e. The van der Waals surface area contributed by atoms with Crippen LogP contribution in [0.3, 0.4) is 0 Å². The van der Waals surface area contributed by atoms with Gasteiger partial charge < -0.3 is 19.2 Å².